The molecule has 0 radical (unpaired) electrons. The lowest BCUT2D eigenvalue weighted by Crippen LogP contribution is -2.40. The van der Waals surface area contributed by atoms with Crippen LogP contribution in [0.4, 0.5) is 4.39 Å². The first-order valence-electron chi connectivity index (χ1n) is 9.98. The number of hydrogen-bond acceptors (Lipinski definition) is 4. The number of benzene rings is 1. The Kier molecular flexibility index (Phi) is 4.54. The lowest BCUT2D eigenvalue weighted by atomic mass is 9.97. The molecule has 0 N–H and O–H groups in total. The van der Waals surface area contributed by atoms with Gasteiger partial charge in [0.25, 0.3) is 5.91 Å². The Morgan fingerprint density at radius 1 is 1.17 bits per heavy atom. The average Bonchev–Trinajstić information content (AvgIpc) is 3.39. The maximum absolute atomic E-state index is 13.6. The standard InChI is InChI=1S/C22H21FN6O/c1-27-19(9-10-24-27)22(30)28-11-3-5-17(13-28)21-25-20-8-7-16(14-29(20)26-21)15-4-2-6-18(23)12-15/h2,4,6-10,12,14,17H,3,5,11,13H2,1H3/t17-/m1/s1. The van der Waals surface area contributed by atoms with Crippen molar-refractivity contribution in [1.82, 2.24) is 29.3 Å². The van der Waals surface area contributed by atoms with Gasteiger partial charge in [0.2, 0.25) is 0 Å². The zero-order valence-corrected chi connectivity index (χ0v) is 16.6. The molecule has 4 heterocycles. The largest absolute Gasteiger partial charge is 0.337 e. The van der Waals surface area contributed by atoms with Gasteiger partial charge < -0.3 is 4.90 Å². The molecule has 1 aliphatic rings. The summed E-state index contributed by atoms with van der Waals surface area (Å²) in [4.78, 5) is 19.4. The summed E-state index contributed by atoms with van der Waals surface area (Å²) in [6, 6.07) is 12.0. The Labute approximate surface area is 172 Å². The molecule has 0 unspecified atom stereocenters. The third-order valence-corrected chi connectivity index (χ3v) is 5.62. The highest BCUT2D eigenvalue weighted by molar-refractivity contribution is 5.92. The molecule has 1 amide bonds. The molecule has 152 valence electrons. The van der Waals surface area contributed by atoms with Gasteiger partial charge in [0, 0.05) is 44.0 Å². The first-order valence-corrected chi connectivity index (χ1v) is 9.98. The van der Waals surface area contributed by atoms with Gasteiger partial charge in [-0.05, 0) is 48.7 Å². The number of piperidine rings is 1. The number of likely N-dealkylation sites (tertiary alicyclic amines) is 1. The number of nitrogens with zero attached hydrogens (tertiary/aromatic N) is 6. The van der Waals surface area contributed by atoms with Gasteiger partial charge in [0.15, 0.2) is 11.5 Å². The van der Waals surface area contributed by atoms with Crippen LogP contribution < -0.4 is 0 Å². The number of rotatable bonds is 3. The molecule has 1 fully saturated rings. The number of fused-ring (bicyclic) bond motifs is 1. The average molecular weight is 404 g/mol. The number of aromatic nitrogens is 5. The Bertz CT molecular complexity index is 1230. The monoisotopic (exact) mass is 404 g/mol. The number of carbonyl (C=O) groups is 1. The van der Waals surface area contributed by atoms with E-state index in [0.717, 1.165) is 42.0 Å². The van der Waals surface area contributed by atoms with E-state index >= 15 is 0 Å². The zero-order valence-electron chi connectivity index (χ0n) is 16.6. The van der Waals surface area contributed by atoms with Crippen molar-refractivity contribution in [3.05, 3.63) is 72.2 Å². The van der Waals surface area contributed by atoms with Gasteiger partial charge in [-0.2, -0.15) is 10.2 Å². The summed E-state index contributed by atoms with van der Waals surface area (Å²) >= 11 is 0. The Hall–Kier alpha value is -3.55. The maximum Gasteiger partial charge on any atom is 0.272 e. The maximum atomic E-state index is 13.6. The molecule has 4 aromatic rings. The van der Waals surface area contributed by atoms with Crippen molar-refractivity contribution in [2.75, 3.05) is 13.1 Å². The zero-order chi connectivity index (χ0) is 20.7. The smallest absolute Gasteiger partial charge is 0.272 e. The molecular weight excluding hydrogens is 383 g/mol. The lowest BCUT2D eigenvalue weighted by molar-refractivity contribution is 0.0693. The Balaban J connectivity index is 1.40. The van der Waals surface area contributed by atoms with E-state index in [-0.39, 0.29) is 17.6 Å². The van der Waals surface area contributed by atoms with Crippen LogP contribution in [0.2, 0.25) is 0 Å². The van der Waals surface area contributed by atoms with Crippen molar-refractivity contribution in [2.24, 2.45) is 7.05 Å². The number of aryl methyl sites for hydroxylation is 1. The van der Waals surface area contributed by atoms with E-state index in [4.69, 9.17) is 0 Å². The van der Waals surface area contributed by atoms with Gasteiger partial charge >= 0.3 is 0 Å². The van der Waals surface area contributed by atoms with Crippen LogP contribution >= 0.6 is 0 Å². The summed E-state index contributed by atoms with van der Waals surface area (Å²) < 4.78 is 16.9. The summed E-state index contributed by atoms with van der Waals surface area (Å²) in [6.07, 6.45) is 5.33. The molecule has 5 rings (SSSR count). The second-order valence-electron chi connectivity index (χ2n) is 7.63. The summed E-state index contributed by atoms with van der Waals surface area (Å²) in [5, 5.41) is 8.77. The van der Waals surface area contributed by atoms with E-state index in [9.17, 15) is 9.18 Å². The fourth-order valence-electron chi connectivity index (χ4n) is 4.03. The van der Waals surface area contributed by atoms with E-state index < -0.39 is 0 Å². The SMILES string of the molecule is Cn1nccc1C(=O)N1CCC[C@@H](c2nc3ccc(-c4cccc(F)c4)cn3n2)C1. The third-order valence-electron chi connectivity index (χ3n) is 5.62. The molecule has 0 spiro atoms. The van der Waals surface area contributed by atoms with Crippen LogP contribution in [0.15, 0.2) is 54.9 Å². The van der Waals surface area contributed by atoms with Crippen LogP contribution in [0.5, 0.6) is 0 Å². The quantitative estimate of drug-likeness (QED) is 0.526. The summed E-state index contributed by atoms with van der Waals surface area (Å²) in [7, 11) is 1.77. The second kappa shape index (κ2) is 7.37. The fourth-order valence-corrected chi connectivity index (χ4v) is 4.03. The molecule has 1 atom stereocenters. The predicted octanol–water partition coefficient (Wildman–Crippen LogP) is 3.29. The van der Waals surface area contributed by atoms with E-state index in [1.807, 2.05) is 29.3 Å². The number of carbonyl (C=O) groups excluding carboxylic acids is 1. The first-order chi connectivity index (χ1) is 14.6. The first kappa shape index (κ1) is 18.5. The van der Waals surface area contributed by atoms with Crippen LogP contribution in [0.25, 0.3) is 16.8 Å². The molecule has 3 aromatic heterocycles. The minimum Gasteiger partial charge on any atom is -0.337 e. The van der Waals surface area contributed by atoms with Gasteiger partial charge in [-0.1, -0.05) is 12.1 Å². The minimum absolute atomic E-state index is 0.0168. The van der Waals surface area contributed by atoms with Crippen LogP contribution in [0, 0.1) is 5.82 Å². The third kappa shape index (κ3) is 3.34. The number of halogens is 1. The summed E-state index contributed by atoms with van der Waals surface area (Å²) in [5.74, 6) is 0.520. The number of hydrogen-bond donors (Lipinski definition) is 0. The molecule has 0 saturated carbocycles. The van der Waals surface area contributed by atoms with E-state index in [1.54, 1.807) is 34.6 Å². The van der Waals surface area contributed by atoms with Gasteiger partial charge in [0.1, 0.15) is 11.5 Å². The summed E-state index contributed by atoms with van der Waals surface area (Å²) in [5.41, 5.74) is 2.98. The fraction of sp³-hybridized carbons (Fsp3) is 0.273. The van der Waals surface area contributed by atoms with Gasteiger partial charge in [0.05, 0.1) is 0 Å². The minimum atomic E-state index is -0.271. The second-order valence-corrected chi connectivity index (χ2v) is 7.63. The molecule has 0 bridgehead atoms. The summed E-state index contributed by atoms with van der Waals surface area (Å²) in [6.45, 7) is 1.30. The van der Waals surface area contributed by atoms with E-state index in [2.05, 4.69) is 15.2 Å². The topological polar surface area (TPSA) is 68.3 Å². The van der Waals surface area contributed by atoms with E-state index in [1.165, 1.54) is 12.1 Å². The van der Waals surface area contributed by atoms with Crippen LogP contribution in [-0.2, 0) is 7.05 Å². The number of pyridine rings is 1. The van der Waals surface area contributed by atoms with Gasteiger partial charge in [-0.15, -0.1) is 0 Å². The molecular formula is C22H21FN6O. The highest BCUT2D eigenvalue weighted by Crippen LogP contribution is 2.27. The molecule has 30 heavy (non-hydrogen) atoms. The number of amides is 1. The van der Waals surface area contributed by atoms with Crippen molar-refractivity contribution in [3.63, 3.8) is 0 Å². The lowest BCUT2D eigenvalue weighted by Gasteiger charge is -2.31. The Morgan fingerprint density at radius 3 is 2.87 bits per heavy atom. The van der Waals surface area contributed by atoms with Crippen molar-refractivity contribution in [2.45, 2.75) is 18.8 Å². The van der Waals surface area contributed by atoms with Gasteiger partial charge in [-0.3, -0.25) is 9.48 Å². The van der Waals surface area contributed by atoms with Crippen LogP contribution in [0.3, 0.4) is 0 Å². The molecule has 1 aromatic carbocycles. The highest BCUT2D eigenvalue weighted by Gasteiger charge is 2.29. The van der Waals surface area contributed by atoms with Crippen molar-refractivity contribution >= 4 is 11.6 Å². The van der Waals surface area contributed by atoms with Crippen molar-refractivity contribution < 1.29 is 9.18 Å². The Morgan fingerprint density at radius 2 is 2.07 bits per heavy atom. The highest BCUT2D eigenvalue weighted by atomic mass is 19.1. The molecule has 7 nitrogen and oxygen atoms in total. The van der Waals surface area contributed by atoms with Crippen molar-refractivity contribution in [1.29, 1.82) is 0 Å². The van der Waals surface area contributed by atoms with Gasteiger partial charge in [-0.25, -0.2) is 13.9 Å². The molecule has 1 saturated heterocycles. The van der Waals surface area contributed by atoms with Crippen LogP contribution in [0.1, 0.15) is 35.1 Å². The van der Waals surface area contributed by atoms with E-state index in [0.29, 0.717) is 12.2 Å². The molecule has 8 heteroatoms. The predicted molar refractivity (Wildman–Crippen MR) is 109 cm³/mol. The molecule has 0 aliphatic carbocycles. The normalized spacial score (nSPS) is 16.9. The van der Waals surface area contributed by atoms with Crippen molar-refractivity contribution in [3.8, 4) is 11.1 Å². The van der Waals surface area contributed by atoms with Crippen LogP contribution in [-0.4, -0.2) is 48.3 Å². The molecule has 1 aliphatic heterocycles.